The molecule has 0 saturated heterocycles. The Morgan fingerprint density at radius 2 is 1.79 bits per heavy atom. The Morgan fingerprint density at radius 3 is 2.48 bits per heavy atom. The van der Waals surface area contributed by atoms with Crippen LogP contribution < -0.4 is 9.47 Å². The van der Waals surface area contributed by atoms with Crippen molar-refractivity contribution >= 4 is 5.97 Å². The number of aliphatic hydroxyl groups excluding tert-OH is 1. The van der Waals surface area contributed by atoms with Crippen LogP contribution in [0.5, 0.6) is 11.5 Å². The molecule has 0 aliphatic rings. The van der Waals surface area contributed by atoms with Crippen molar-refractivity contribution in [2.75, 3.05) is 13.2 Å². The lowest BCUT2D eigenvalue weighted by molar-refractivity contribution is -0.136. The molecule has 0 aliphatic heterocycles. The summed E-state index contributed by atoms with van der Waals surface area (Å²) in [6.07, 6.45) is 0.808. The fourth-order valence-corrected chi connectivity index (χ4v) is 3.59. The number of nitrogens with zero attached hydrogens (tertiary/aromatic N) is 2. The normalized spacial score (nSPS) is 11.9. The maximum atomic E-state index is 11.3. The molecule has 2 N–H and O–H groups in total. The maximum absolute atomic E-state index is 11.3. The molecule has 33 heavy (non-hydrogen) atoms. The van der Waals surface area contributed by atoms with Crippen LogP contribution in [-0.4, -0.2) is 45.3 Å². The van der Waals surface area contributed by atoms with Crippen LogP contribution in [0.3, 0.4) is 0 Å². The third-order valence-corrected chi connectivity index (χ3v) is 5.23. The van der Waals surface area contributed by atoms with Gasteiger partial charge in [-0.25, -0.2) is 0 Å². The number of benzene rings is 2. The molecule has 0 aliphatic carbocycles. The van der Waals surface area contributed by atoms with Crippen LogP contribution in [0.25, 0.3) is 22.5 Å². The molecule has 1 heterocycles. The summed E-state index contributed by atoms with van der Waals surface area (Å²) in [5, 5.41) is 24.4. The number of aromatic nitrogens is 2. The van der Waals surface area contributed by atoms with Gasteiger partial charge in [-0.15, -0.1) is 0 Å². The van der Waals surface area contributed by atoms with E-state index in [1.165, 1.54) is 0 Å². The van der Waals surface area contributed by atoms with Gasteiger partial charge in [0.25, 0.3) is 0 Å². The second-order valence-electron chi connectivity index (χ2n) is 7.84. The highest BCUT2D eigenvalue weighted by atomic mass is 16.5. The van der Waals surface area contributed by atoms with E-state index in [0.717, 1.165) is 29.0 Å². The van der Waals surface area contributed by atoms with Crippen molar-refractivity contribution in [3.05, 3.63) is 54.1 Å². The van der Waals surface area contributed by atoms with Crippen molar-refractivity contribution in [3.63, 3.8) is 0 Å². The van der Waals surface area contributed by atoms with E-state index in [0.29, 0.717) is 43.2 Å². The molecule has 0 radical (unpaired) electrons. The third-order valence-electron chi connectivity index (χ3n) is 5.23. The zero-order chi connectivity index (χ0) is 23.8. The van der Waals surface area contributed by atoms with Crippen molar-refractivity contribution < 1.29 is 24.5 Å². The summed E-state index contributed by atoms with van der Waals surface area (Å²) in [6.45, 7) is 7.29. The van der Waals surface area contributed by atoms with Gasteiger partial charge in [0.2, 0.25) is 0 Å². The SMILES string of the molecule is CCCOc1ccc(CC(=O)O)cc1-c1cc(-c2ccccc2OCC)n(CC(O)CC)n1. The molecule has 1 aromatic heterocycles. The number of aliphatic hydroxyl groups is 1. The van der Waals surface area contributed by atoms with Crippen molar-refractivity contribution in [1.29, 1.82) is 0 Å². The van der Waals surface area contributed by atoms with Crippen molar-refractivity contribution in [3.8, 4) is 34.0 Å². The van der Waals surface area contributed by atoms with E-state index in [1.807, 2.05) is 57.2 Å². The first-order chi connectivity index (χ1) is 16.0. The van der Waals surface area contributed by atoms with Crippen LogP contribution in [-0.2, 0) is 17.8 Å². The minimum Gasteiger partial charge on any atom is -0.493 e. The Morgan fingerprint density at radius 1 is 1.03 bits per heavy atom. The fourth-order valence-electron chi connectivity index (χ4n) is 3.59. The summed E-state index contributed by atoms with van der Waals surface area (Å²) >= 11 is 0. The second kappa shape index (κ2) is 11.5. The number of hydrogen-bond acceptors (Lipinski definition) is 5. The topological polar surface area (TPSA) is 93.8 Å². The average molecular weight is 453 g/mol. The zero-order valence-corrected chi connectivity index (χ0v) is 19.5. The minimum atomic E-state index is -0.897. The van der Waals surface area contributed by atoms with Gasteiger partial charge in [0, 0.05) is 11.1 Å². The number of carbonyl (C=O) groups is 1. The Balaban J connectivity index is 2.15. The Bertz CT molecular complexity index is 1080. The number of aliphatic carboxylic acids is 1. The van der Waals surface area contributed by atoms with E-state index in [9.17, 15) is 15.0 Å². The first kappa shape index (κ1) is 24.3. The first-order valence-corrected chi connectivity index (χ1v) is 11.4. The number of carboxylic acids is 1. The van der Waals surface area contributed by atoms with Gasteiger partial charge in [0.1, 0.15) is 11.5 Å². The third kappa shape index (κ3) is 6.14. The minimum absolute atomic E-state index is 0.0870. The smallest absolute Gasteiger partial charge is 0.307 e. The molecule has 0 fully saturated rings. The van der Waals surface area contributed by atoms with Crippen LogP contribution >= 0.6 is 0 Å². The number of carboxylic acid groups (broad SMARTS) is 1. The van der Waals surface area contributed by atoms with E-state index in [1.54, 1.807) is 16.8 Å². The van der Waals surface area contributed by atoms with E-state index in [-0.39, 0.29) is 6.42 Å². The molecule has 1 atom stereocenters. The summed E-state index contributed by atoms with van der Waals surface area (Å²) in [7, 11) is 0. The molecular formula is C26H32N2O5. The highest BCUT2D eigenvalue weighted by molar-refractivity contribution is 5.77. The van der Waals surface area contributed by atoms with Gasteiger partial charge in [-0.2, -0.15) is 5.10 Å². The largest absolute Gasteiger partial charge is 0.493 e. The summed E-state index contributed by atoms with van der Waals surface area (Å²) in [5.74, 6) is 0.489. The predicted octanol–water partition coefficient (Wildman–Crippen LogP) is 4.80. The number of hydrogen-bond donors (Lipinski definition) is 2. The summed E-state index contributed by atoms with van der Waals surface area (Å²) in [6, 6.07) is 15.1. The standard InChI is InChI=1S/C26H32N2O5/c1-4-13-33-25-12-11-18(15-26(30)31)14-21(25)22-16-23(28(27-22)17-19(29)5-2)20-9-7-8-10-24(20)32-6-3/h7-12,14,16,19,29H,4-6,13,15,17H2,1-3H3,(H,30,31). The van der Waals surface area contributed by atoms with Crippen LogP contribution in [0.4, 0.5) is 0 Å². The summed E-state index contributed by atoms with van der Waals surface area (Å²) < 4.78 is 13.6. The molecule has 3 rings (SSSR count). The Hall–Kier alpha value is -3.32. The number of para-hydroxylation sites is 1. The van der Waals surface area contributed by atoms with Gasteiger partial charge in [0.05, 0.1) is 43.7 Å². The van der Waals surface area contributed by atoms with Crippen LogP contribution in [0.1, 0.15) is 39.2 Å². The highest BCUT2D eigenvalue weighted by Crippen LogP contribution is 2.36. The zero-order valence-electron chi connectivity index (χ0n) is 19.5. The van der Waals surface area contributed by atoms with Crippen molar-refractivity contribution in [2.24, 2.45) is 0 Å². The lowest BCUT2D eigenvalue weighted by Gasteiger charge is -2.14. The van der Waals surface area contributed by atoms with E-state index < -0.39 is 12.1 Å². The van der Waals surface area contributed by atoms with Crippen LogP contribution in [0.2, 0.25) is 0 Å². The van der Waals surface area contributed by atoms with Gasteiger partial charge in [0.15, 0.2) is 0 Å². The molecule has 3 aromatic rings. The first-order valence-electron chi connectivity index (χ1n) is 11.4. The lowest BCUT2D eigenvalue weighted by Crippen LogP contribution is -2.16. The monoisotopic (exact) mass is 452 g/mol. The van der Waals surface area contributed by atoms with Gasteiger partial charge >= 0.3 is 5.97 Å². The molecule has 0 bridgehead atoms. The molecule has 7 nitrogen and oxygen atoms in total. The number of rotatable bonds is 12. The lowest BCUT2D eigenvalue weighted by atomic mass is 10.0. The molecule has 2 aromatic carbocycles. The molecular weight excluding hydrogens is 420 g/mol. The van der Waals surface area contributed by atoms with Crippen molar-refractivity contribution in [1.82, 2.24) is 9.78 Å². The van der Waals surface area contributed by atoms with Crippen LogP contribution in [0, 0.1) is 0 Å². The van der Waals surface area contributed by atoms with Gasteiger partial charge < -0.3 is 19.7 Å². The van der Waals surface area contributed by atoms with Crippen molar-refractivity contribution in [2.45, 2.75) is 52.7 Å². The average Bonchev–Trinajstić information content (AvgIpc) is 3.21. The van der Waals surface area contributed by atoms with Gasteiger partial charge in [-0.05, 0) is 55.7 Å². The van der Waals surface area contributed by atoms with Gasteiger partial charge in [-0.1, -0.05) is 32.0 Å². The maximum Gasteiger partial charge on any atom is 0.307 e. The molecule has 0 amide bonds. The van der Waals surface area contributed by atoms with Crippen LogP contribution in [0.15, 0.2) is 48.5 Å². The summed E-state index contributed by atoms with van der Waals surface area (Å²) in [4.78, 5) is 11.3. The highest BCUT2D eigenvalue weighted by Gasteiger charge is 2.19. The molecule has 0 saturated carbocycles. The Labute approximate surface area is 194 Å². The number of ether oxygens (including phenoxy) is 2. The fraction of sp³-hybridized carbons (Fsp3) is 0.385. The van der Waals surface area contributed by atoms with E-state index in [2.05, 4.69) is 0 Å². The van der Waals surface area contributed by atoms with E-state index >= 15 is 0 Å². The molecule has 176 valence electrons. The molecule has 7 heteroatoms. The Kier molecular flexibility index (Phi) is 8.49. The predicted molar refractivity (Wildman–Crippen MR) is 128 cm³/mol. The molecule has 0 spiro atoms. The second-order valence-corrected chi connectivity index (χ2v) is 7.84. The quantitative estimate of drug-likeness (QED) is 0.410. The van der Waals surface area contributed by atoms with Gasteiger partial charge in [-0.3, -0.25) is 9.48 Å². The summed E-state index contributed by atoms with van der Waals surface area (Å²) in [5.41, 5.74) is 3.73. The van der Waals surface area contributed by atoms with E-state index in [4.69, 9.17) is 14.6 Å². The molecule has 1 unspecified atom stereocenters.